The predicted octanol–water partition coefficient (Wildman–Crippen LogP) is 6.74. The first-order valence-corrected chi connectivity index (χ1v) is 9.17. The van der Waals surface area contributed by atoms with E-state index in [1.807, 2.05) is 6.92 Å². The van der Waals surface area contributed by atoms with E-state index < -0.39 is 11.9 Å². The quantitative estimate of drug-likeness (QED) is 0.216. The molecule has 0 fully saturated rings. The maximum atomic E-state index is 12.4. The van der Waals surface area contributed by atoms with Gasteiger partial charge in [-0.25, -0.2) is 9.59 Å². The molecule has 138 valence electrons. The van der Waals surface area contributed by atoms with E-state index in [9.17, 15) is 9.59 Å². The second-order valence-corrected chi connectivity index (χ2v) is 6.90. The zero-order valence-electron chi connectivity index (χ0n) is 13.2. The van der Waals surface area contributed by atoms with E-state index in [4.69, 9.17) is 67.5 Å². The highest BCUT2D eigenvalue weighted by molar-refractivity contribution is 6.55. The van der Waals surface area contributed by atoms with Crippen molar-refractivity contribution in [2.45, 2.75) is 13.3 Å². The molecule has 2 rings (SSSR count). The van der Waals surface area contributed by atoms with E-state index >= 15 is 0 Å². The molecule has 0 heterocycles. The molecule has 0 saturated carbocycles. The van der Waals surface area contributed by atoms with Crippen LogP contribution in [0.5, 0.6) is 5.75 Å². The molecule has 0 aromatic heterocycles. The SMILES string of the molecule is CCCOC(=O)c1cccc(C(=O)Oc2c(Cl)c(Cl)c(Cl)c(Cl)c2Cl)c1. The van der Waals surface area contributed by atoms with E-state index in [-0.39, 0.29) is 48.6 Å². The predicted molar refractivity (Wildman–Crippen MR) is 103 cm³/mol. The number of ether oxygens (including phenoxy) is 2. The summed E-state index contributed by atoms with van der Waals surface area (Å²) < 4.78 is 10.2. The zero-order valence-corrected chi connectivity index (χ0v) is 17.0. The molecule has 9 heteroatoms. The highest BCUT2D eigenvalue weighted by Crippen LogP contribution is 2.48. The fourth-order valence-corrected chi connectivity index (χ4v) is 3.08. The van der Waals surface area contributed by atoms with Gasteiger partial charge in [-0.05, 0) is 24.6 Å². The summed E-state index contributed by atoms with van der Waals surface area (Å²) in [5.74, 6) is -1.58. The van der Waals surface area contributed by atoms with Gasteiger partial charge < -0.3 is 9.47 Å². The molecule has 4 nitrogen and oxygen atoms in total. The monoisotopic (exact) mass is 454 g/mol. The maximum Gasteiger partial charge on any atom is 0.343 e. The van der Waals surface area contributed by atoms with Crippen LogP contribution < -0.4 is 4.74 Å². The van der Waals surface area contributed by atoms with Gasteiger partial charge in [-0.1, -0.05) is 71.0 Å². The Morgan fingerprint density at radius 2 is 1.35 bits per heavy atom. The normalized spacial score (nSPS) is 10.5. The molecule has 26 heavy (non-hydrogen) atoms. The van der Waals surface area contributed by atoms with E-state index in [0.29, 0.717) is 6.42 Å². The Kier molecular flexibility index (Phi) is 7.44. The first-order valence-electron chi connectivity index (χ1n) is 7.28. The molecule has 0 unspecified atom stereocenters. The summed E-state index contributed by atoms with van der Waals surface area (Å²) in [5, 5.41) is -0.551. The van der Waals surface area contributed by atoms with Gasteiger partial charge in [-0.3, -0.25) is 0 Å². The molecule has 2 aromatic rings. The number of benzene rings is 2. The van der Waals surface area contributed by atoms with E-state index in [2.05, 4.69) is 0 Å². The Balaban J connectivity index is 2.31. The number of carbonyl (C=O) groups is 2. The molecule has 0 aliphatic carbocycles. The van der Waals surface area contributed by atoms with Crippen molar-refractivity contribution in [3.63, 3.8) is 0 Å². The molecule has 0 N–H and O–H groups in total. The number of carbonyl (C=O) groups excluding carboxylic acids is 2. The smallest absolute Gasteiger partial charge is 0.343 e. The van der Waals surface area contributed by atoms with Crippen LogP contribution in [0.2, 0.25) is 25.1 Å². The molecule has 0 aliphatic rings. The van der Waals surface area contributed by atoms with Gasteiger partial charge in [-0.2, -0.15) is 0 Å². The minimum Gasteiger partial charge on any atom is -0.462 e. The van der Waals surface area contributed by atoms with Crippen molar-refractivity contribution in [3.8, 4) is 5.75 Å². The van der Waals surface area contributed by atoms with Crippen LogP contribution in [0.25, 0.3) is 0 Å². The average Bonchev–Trinajstić information content (AvgIpc) is 2.66. The summed E-state index contributed by atoms with van der Waals surface area (Å²) in [7, 11) is 0. The Morgan fingerprint density at radius 3 is 1.88 bits per heavy atom. The highest BCUT2D eigenvalue weighted by Gasteiger charge is 2.23. The van der Waals surface area contributed by atoms with Crippen molar-refractivity contribution in [2.75, 3.05) is 6.61 Å². The summed E-state index contributed by atoms with van der Waals surface area (Å²) in [6.07, 6.45) is 0.683. The topological polar surface area (TPSA) is 52.6 Å². The molecule has 0 atom stereocenters. The van der Waals surface area contributed by atoms with Crippen LogP contribution in [-0.4, -0.2) is 18.5 Å². The minimum absolute atomic E-state index is 0.0520. The molecule has 0 amide bonds. The summed E-state index contributed by atoms with van der Waals surface area (Å²) >= 11 is 29.8. The first-order chi connectivity index (χ1) is 12.3. The Morgan fingerprint density at radius 1 is 0.846 bits per heavy atom. The van der Waals surface area contributed by atoms with Gasteiger partial charge in [0.2, 0.25) is 0 Å². The highest BCUT2D eigenvalue weighted by atomic mass is 35.5. The molecule has 0 aliphatic heterocycles. The minimum atomic E-state index is -0.812. The molecule has 0 radical (unpaired) electrons. The van der Waals surface area contributed by atoms with Crippen LogP contribution in [0, 0.1) is 0 Å². The molecule has 2 aromatic carbocycles. The molecular weight excluding hydrogens is 445 g/mol. The van der Waals surface area contributed by atoms with Crippen LogP contribution in [0.3, 0.4) is 0 Å². The van der Waals surface area contributed by atoms with Crippen molar-refractivity contribution in [1.29, 1.82) is 0 Å². The van der Waals surface area contributed by atoms with Crippen LogP contribution in [0.15, 0.2) is 24.3 Å². The third-order valence-electron chi connectivity index (χ3n) is 3.14. The van der Waals surface area contributed by atoms with E-state index in [0.717, 1.165) is 0 Å². The summed E-state index contributed by atoms with van der Waals surface area (Å²) in [5.41, 5.74) is 0.294. The molecule has 0 bridgehead atoms. The standard InChI is InChI=1S/C17H11Cl5O4/c1-2-6-25-16(23)8-4-3-5-9(7-8)17(24)26-15-13(21)11(19)10(18)12(20)14(15)22/h3-5,7H,2,6H2,1H3. The van der Waals surface area contributed by atoms with E-state index in [1.165, 1.54) is 24.3 Å². The lowest BCUT2D eigenvalue weighted by atomic mass is 10.1. The van der Waals surface area contributed by atoms with Gasteiger partial charge in [0.1, 0.15) is 10.0 Å². The fraction of sp³-hybridized carbons (Fsp3) is 0.176. The lowest BCUT2D eigenvalue weighted by Gasteiger charge is -2.12. The third-order valence-corrected chi connectivity index (χ3v) is 5.38. The number of hydrogen-bond donors (Lipinski definition) is 0. The van der Waals surface area contributed by atoms with Crippen molar-refractivity contribution >= 4 is 69.9 Å². The largest absolute Gasteiger partial charge is 0.462 e. The van der Waals surface area contributed by atoms with Crippen molar-refractivity contribution in [3.05, 3.63) is 60.5 Å². The summed E-state index contributed by atoms with van der Waals surface area (Å²) in [6, 6.07) is 5.83. The maximum absolute atomic E-state index is 12.4. The number of hydrogen-bond acceptors (Lipinski definition) is 4. The van der Waals surface area contributed by atoms with Crippen LogP contribution in [0.1, 0.15) is 34.1 Å². The second kappa shape index (κ2) is 9.16. The van der Waals surface area contributed by atoms with Crippen molar-refractivity contribution in [1.82, 2.24) is 0 Å². The van der Waals surface area contributed by atoms with Crippen molar-refractivity contribution < 1.29 is 19.1 Å². The van der Waals surface area contributed by atoms with Gasteiger partial charge in [0, 0.05) is 0 Å². The fourth-order valence-electron chi connectivity index (χ4n) is 1.88. The van der Waals surface area contributed by atoms with Gasteiger partial charge in [-0.15, -0.1) is 0 Å². The third kappa shape index (κ3) is 4.56. The number of esters is 2. The average molecular weight is 457 g/mol. The van der Waals surface area contributed by atoms with E-state index in [1.54, 1.807) is 0 Å². The van der Waals surface area contributed by atoms with Crippen LogP contribution in [-0.2, 0) is 4.74 Å². The first kappa shape index (κ1) is 21.1. The summed E-state index contributed by atoms with van der Waals surface area (Å²) in [4.78, 5) is 24.3. The Labute approximate surface area is 174 Å². The molecular formula is C17H11Cl5O4. The summed E-state index contributed by atoms with van der Waals surface area (Å²) in [6.45, 7) is 2.15. The van der Waals surface area contributed by atoms with Gasteiger partial charge in [0.05, 0.1) is 32.8 Å². The van der Waals surface area contributed by atoms with Gasteiger partial charge in [0.25, 0.3) is 0 Å². The Hall–Kier alpha value is -1.17. The number of rotatable bonds is 5. The van der Waals surface area contributed by atoms with Crippen molar-refractivity contribution in [2.24, 2.45) is 0 Å². The Bertz CT molecular complexity index is 837. The molecule has 0 saturated heterocycles. The van der Waals surface area contributed by atoms with Crippen LogP contribution >= 0.6 is 58.0 Å². The second-order valence-electron chi connectivity index (χ2n) is 5.01. The molecule has 0 spiro atoms. The van der Waals surface area contributed by atoms with Gasteiger partial charge in [0.15, 0.2) is 5.75 Å². The number of halogens is 5. The zero-order chi connectivity index (χ0) is 19.4. The van der Waals surface area contributed by atoms with Gasteiger partial charge >= 0.3 is 11.9 Å². The lowest BCUT2D eigenvalue weighted by Crippen LogP contribution is -2.12. The van der Waals surface area contributed by atoms with Crippen LogP contribution in [0.4, 0.5) is 0 Å². The lowest BCUT2D eigenvalue weighted by molar-refractivity contribution is 0.0505.